The Kier molecular flexibility index (Phi) is 5.15. The zero-order valence-electron chi connectivity index (χ0n) is 13.5. The van der Waals surface area contributed by atoms with Gasteiger partial charge in [-0.1, -0.05) is 28.7 Å². The molecule has 2 aliphatic rings. The molecule has 0 aromatic heterocycles. The van der Waals surface area contributed by atoms with E-state index >= 15 is 0 Å². The predicted octanol–water partition coefficient (Wildman–Crippen LogP) is 0.687. The van der Waals surface area contributed by atoms with Gasteiger partial charge in [-0.3, -0.25) is 29.4 Å². The Morgan fingerprint density at radius 2 is 1.88 bits per heavy atom. The minimum absolute atomic E-state index is 0.00459. The Morgan fingerprint density at radius 1 is 1.15 bits per heavy atom. The van der Waals surface area contributed by atoms with Crippen LogP contribution in [-0.2, 0) is 19.4 Å². The van der Waals surface area contributed by atoms with E-state index in [0.717, 1.165) is 4.90 Å². The molecule has 1 unspecified atom stereocenters. The van der Waals surface area contributed by atoms with E-state index in [0.29, 0.717) is 10.8 Å². The molecule has 2 heterocycles. The normalized spacial score (nSPS) is 20.3. The van der Waals surface area contributed by atoms with Crippen molar-refractivity contribution in [3.63, 3.8) is 0 Å². The third-order valence-corrected chi connectivity index (χ3v) is 6.91. The van der Waals surface area contributed by atoms with Gasteiger partial charge >= 0.3 is 0 Å². The van der Waals surface area contributed by atoms with E-state index in [1.54, 1.807) is 0 Å². The number of hydrogen-bond acceptors (Lipinski definition) is 6. The maximum absolute atomic E-state index is 12.8. The van der Waals surface area contributed by atoms with Crippen LogP contribution >= 0.6 is 22.6 Å². The first kappa shape index (κ1) is 19.0. The molecule has 8 nitrogen and oxygen atoms in total. The molecule has 1 fully saturated rings. The zero-order chi connectivity index (χ0) is 19.1. The van der Waals surface area contributed by atoms with Crippen molar-refractivity contribution >= 4 is 56.1 Å². The average molecular weight is 490 g/mol. The van der Waals surface area contributed by atoms with Crippen molar-refractivity contribution in [3.8, 4) is 0 Å². The van der Waals surface area contributed by atoms with Gasteiger partial charge in [-0.15, -0.1) is 0 Å². The minimum atomic E-state index is -3.74. The van der Waals surface area contributed by atoms with Gasteiger partial charge in [-0.05, 0) is 25.0 Å². The Bertz CT molecular complexity index is 927. The van der Waals surface area contributed by atoms with Crippen molar-refractivity contribution in [2.24, 2.45) is 0 Å². The molecule has 1 N–H and O–H groups in total. The number of alkyl halides is 1. The maximum Gasteiger partial charge on any atom is 0.263 e. The number of fused-ring (bicyclic) bond motifs is 1. The van der Waals surface area contributed by atoms with Gasteiger partial charge in [0.25, 0.3) is 11.8 Å². The van der Waals surface area contributed by atoms with Gasteiger partial charge in [-0.25, -0.2) is 8.42 Å². The maximum atomic E-state index is 12.8. The summed E-state index contributed by atoms with van der Waals surface area (Å²) in [5.74, 6) is -2.86. The Hall–Kier alpha value is -1.82. The van der Waals surface area contributed by atoms with Crippen LogP contribution in [0.15, 0.2) is 23.1 Å². The van der Waals surface area contributed by atoms with E-state index < -0.39 is 39.5 Å². The van der Waals surface area contributed by atoms with Crippen LogP contribution in [0.3, 0.4) is 0 Å². The Balaban J connectivity index is 2.02. The first-order chi connectivity index (χ1) is 12.3. The number of carbonyl (C=O) groups is 4. The second kappa shape index (κ2) is 7.06. The average Bonchev–Trinajstić information content (AvgIpc) is 2.85. The van der Waals surface area contributed by atoms with Gasteiger partial charge in [0, 0.05) is 10.8 Å². The van der Waals surface area contributed by atoms with E-state index in [-0.39, 0.29) is 34.6 Å². The van der Waals surface area contributed by atoms with Gasteiger partial charge in [-0.2, -0.15) is 0 Å². The molecule has 3 rings (SSSR count). The fraction of sp³-hybridized carbons (Fsp3) is 0.375. The van der Waals surface area contributed by atoms with Crippen LogP contribution in [0.4, 0.5) is 0 Å². The molecule has 1 saturated heterocycles. The van der Waals surface area contributed by atoms with E-state index in [1.165, 1.54) is 18.2 Å². The summed E-state index contributed by atoms with van der Waals surface area (Å²) in [5.41, 5.74) is -0.217. The van der Waals surface area contributed by atoms with Crippen molar-refractivity contribution in [1.29, 1.82) is 0 Å². The Morgan fingerprint density at radius 3 is 2.54 bits per heavy atom. The van der Waals surface area contributed by atoms with E-state index in [2.05, 4.69) is 27.9 Å². The molecular weight excluding hydrogens is 475 g/mol. The fourth-order valence-corrected chi connectivity index (χ4v) is 5.54. The molecule has 0 aliphatic carbocycles. The van der Waals surface area contributed by atoms with Gasteiger partial charge in [0.05, 0.1) is 21.8 Å². The summed E-state index contributed by atoms with van der Waals surface area (Å²) >= 11 is 2.06. The summed E-state index contributed by atoms with van der Waals surface area (Å²) in [6, 6.07) is 2.97. The lowest BCUT2D eigenvalue weighted by atomic mass is 10.0. The highest BCUT2D eigenvalue weighted by molar-refractivity contribution is 14.1. The molecular formula is C16H15IN2O6S. The lowest BCUT2D eigenvalue weighted by molar-refractivity contribution is -0.136. The highest BCUT2D eigenvalue weighted by Crippen LogP contribution is 2.32. The molecule has 2 aliphatic heterocycles. The van der Waals surface area contributed by atoms with Crippen LogP contribution in [0.5, 0.6) is 0 Å². The molecule has 0 bridgehead atoms. The number of nitrogens with zero attached hydrogens (tertiary/aromatic N) is 1. The van der Waals surface area contributed by atoms with Crippen LogP contribution in [0.25, 0.3) is 0 Å². The molecule has 26 heavy (non-hydrogen) atoms. The van der Waals surface area contributed by atoms with E-state index in [9.17, 15) is 27.6 Å². The molecule has 138 valence electrons. The highest BCUT2D eigenvalue weighted by Gasteiger charge is 2.46. The van der Waals surface area contributed by atoms with Crippen molar-refractivity contribution in [2.45, 2.75) is 30.2 Å². The zero-order valence-corrected chi connectivity index (χ0v) is 16.5. The first-order valence-corrected chi connectivity index (χ1v) is 11.1. The number of carbonyl (C=O) groups excluding carboxylic acids is 4. The number of piperidine rings is 1. The largest absolute Gasteiger partial charge is 0.295 e. The third kappa shape index (κ3) is 3.15. The summed E-state index contributed by atoms with van der Waals surface area (Å²) in [7, 11) is -3.74. The van der Waals surface area contributed by atoms with Crippen molar-refractivity contribution < 1.29 is 27.6 Å². The number of hydrogen-bond donors (Lipinski definition) is 1. The van der Waals surface area contributed by atoms with Crippen molar-refractivity contribution in [3.05, 3.63) is 29.3 Å². The number of nitrogens with one attached hydrogen (secondary N) is 1. The standard InChI is InChI=1S/C16H15IN2O6S/c17-7-2-8-26(24,25)11-4-1-3-9-13(11)16(23)19(15(9)22)10-5-6-12(20)18-14(10)21/h1,3-4,10H,2,5-8H2,(H,18,20,21). The molecule has 1 aromatic carbocycles. The quantitative estimate of drug-likeness (QED) is 0.369. The lowest BCUT2D eigenvalue weighted by Gasteiger charge is -2.27. The molecule has 0 radical (unpaired) electrons. The molecule has 1 atom stereocenters. The number of amides is 4. The first-order valence-electron chi connectivity index (χ1n) is 7.91. The minimum Gasteiger partial charge on any atom is -0.295 e. The van der Waals surface area contributed by atoms with Crippen LogP contribution < -0.4 is 5.32 Å². The molecule has 4 amide bonds. The van der Waals surface area contributed by atoms with Crippen LogP contribution in [0.1, 0.15) is 40.0 Å². The van der Waals surface area contributed by atoms with Gasteiger partial charge < -0.3 is 0 Å². The fourth-order valence-electron chi connectivity index (χ4n) is 3.10. The molecule has 1 aromatic rings. The molecule has 0 saturated carbocycles. The SMILES string of the molecule is O=C1CCC(N2C(=O)c3cccc(S(=O)(=O)CCCI)c3C2=O)C(=O)N1. The summed E-state index contributed by atoms with van der Waals surface area (Å²) in [6.07, 6.45) is 0.448. The second-order valence-electron chi connectivity index (χ2n) is 5.99. The molecule has 0 spiro atoms. The lowest BCUT2D eigenvalue weighted by Crippen LogP contribution is -2.54. The van der Waals surface area contributed by atoms with Crippen molar-refractivity contribution in [2.75, 3.05) is 10.2 Å². The summed E-state index contributed by atoms with van der Waals surface area (Å²) < 4.78 is 25.8. The number of benzene rings is 1. The van der Waals surface area contributed by atoms with Gasteiger partial charge in [0.1, 0.15) is 6.04 Å². The summed E-state index contributed by atoms with van der Waals surface area (Å²) in [6.45, 7) is 0. The smallest absolute Gasteiger partial charge is 0.263 e. The number of rotatable bonds is 5. The summed E-state index contributed by atoms with van der Waals surface area (Å²) in [4.78, 5) is 49.5. The van der Waals surface area contributed by atoms with Crippen LogP contribution in [0, 0.1) is 0 Å². The van der Waals surface area contributed by atoms with Gasteiger partial charge in [0.15, 0.2) is 9.84 Å². The predicted molar refractivity (Wildman–Crippen MR) is 98.7 cm³/mol. The third-order valence-electron chi connectivity index (χ3n) is 4.31. The number of halogens is 1. The summed E-state index contributed by atoms with van der Waals surface area (Å²) in [5, 5.41) is 2.10. The van der Waals surface area contributed by atoms with Crippen molar-refractivity contribution in [1.82, 2.24) is 10.2 Å². The highest BCUT2D eigenvalue weighted by atomic mass is 127. The van der Waals surface area contributed by atoms with E-state index in [1.807, 2.05) is 0 Å². The monoisotopic (exact) mass is 490 g/mol. The molecule has 10 heteroatoms. The Labute approximate surface area is 163 Å². The van der Waals surface area contributed by atoms with Gasteiger partial charge in [0.2, 0.25) is 11.8 Å². The topological polar surface area (TPSA) is 118 Å². The van der Waals surface area contributed by atoms with E-state index in [4.69, 9.17) is 0 Å². The van der Waals surface area contributed by atoms with Crippen LogP contribution in [-0.4, -0.2) is 53.2 Å². The number of sulfone groups is 1. The van der Waals surface area contributed by atoms with Crippen LogP contribution in [0.2, 0.25) is 0 Å². The number of imide groups is 2. The second-order valence-corrected chi connectivity index (χ2v) is 9.14.